The van der Waals surface area contributed by atoms with Gasteiger partial charge in [-0.1, -0.05) is 6.07 Å². The van der Waals surface area contributed by atoms with Crippen molar-refractivity contribution in [3.8, 4) is 5.75 Å². The number of carbonyl (C=O) groups is 1. The molecular weight excluding hydrogens is 257 g/mol. The number of carbonyl (C=O) groups excluding carboxylic acids is 1. The predicted octanol–water partition coefficient (Wildman–Crippen LogP) is 0.719. The molecule has 1 heterocycles. The fourth-order valence-electron chi connectivity index (χ4n) is 2.13. The number of aromatic hydroxyl groups is 1. The third-order valence-electron chi connectivity index (χ3n) is 4.00. The molecule has 3 N–H and O–H groups in total. The Bertz CT molecular complexity index is 526. The van der Waals surface area contributed by atoms with Gasteiger partial charge in [0.2, 0.25) is 5.91 Å². The normalized spacial score (nSPS) is 20.1. The molecule has 6 heteroatoms. The Morgan fingerprint density at radius 3 is 2.30 bits per heavy atom. The maximum absolute atomic E-state index is 11.2. The number of hydrogen-bond acceptors (Lipinski definition) is 4. The van der Waals surface area contributed by atoms with Crippen LogP contribution in [0.4, 0.5) is 0 Å². The van der Waals surface area contributed by atoms with Crippen molar-refractivity contribution in [2.45, 2.75) is 45.3 Å². The van der Waals surface area contributed by atoms with E-state index < -0.39 is 24.2 Å². The number of nitrogens with two attached hydrogens (primary N) is 1. The lowest BCUT2D eigenvalue weighted by atomic mass is 9.75. The number of primary amides is 1. The van der Waals surface area contributed by atoms with Gasteiger partial charge in [0, 0.05) is 0 Å². The first-order chi connectivity index (χ1) is 9.12. The van der Waals surface area contributed by atoms with Gasteiger partial charge in [0.15, 0.2) is 0 Å². The van der Waals surface area contributed by atoms with Crippen LogP contribution in [0.25, 0.3) is 0 Å². The minimum atomic E-state index is -0.574. The standard InChI is InChI=1S/C14H20BNO4/c1-13(2)14(3,4)20-15(19-13)11-6-5-10(17)7-9(11)8-12(16)18/h5-7,17H,8H2,1-4H3,(H2,16,18). The van der Waals surface area contributed by atoms with E-state index in [1.807, 2.05) is 27.7 Å². The molecule has 0 aromatic heterocycles. The Labute approximate surface area is 119 Å². The minimum absolute atomic E-state index is 0.0355. The van der Waals surface area contributed by atoms with Crippen molar-refractivity contribution in [2.75, 3.05) is 0 Å². The van der Waals surface area contributed by atoms with Crippen molar-refractivity contribution in [1.82, 2.24) is 0 Å². The van der Waals surface area contributed by atoms with Crippen molar-refractivity contribution >= 4 is 18.5 Å². The molecule has 0 bridgehead atoms. The zero-order chi connectivity index (χ0) is 15.1. The minimum Gasteiger partial charge on any atom is -0.508 e. The van der Waals surface area contributed by atoms with Crippen LogP contribution in [-0.2, 0) is 20.5 Å². The van der Waals surface area contributed by atoms with Crippen LogP contribution in [0.5, 0.6) is 5.75 Å². The van der Waals surface area contributed by atoms with Gasteiger partial charge in [0.25, 0.3) is 0 Å². The summed E-state index contributed by atoms with van der Waals surface area (Å²) < 4.78 is 11.9. The van der Waals surface area contributed by atoms with Crippen LogP contribution in [0, 0.1) is 0 Å². The summed E-state index contributed by atoms with van der Waals surface area (Å²) >= 11 is 0. The van der Waals surface area contributed by atoms with Crippen molar-refractivity contribution in [3.63, 3.8) is 0 Å². The third-order valence-corrected chi connectivity index (χ3v) is 4.00. The quantitative estimate of drug-likeness (QED) is 0.797. The van der Waals surface area contributed by atoms with E-state index in [9.17, 15) is 9.90 Å². The van der Waals surface area contributed by atoms with Crippen LogP contribution in [0.3, 0.4) is 0 Å². The molecule has 0 unspecified atom stereocenters. The number of phenols is 1. The summed E-state index contributed by atoms with van der Waals surface area (Å²) in [7, 11) is -0.574. The van der Waals surface area contributed by atoms with Crippen molar-refractivity contribution < 1.29 is 19.2 Å². The Morgan fingerprint density at radius 1 is 1.25 bits per heavy atom. The first-order valence-corrected chi connectivity index (χ1v) is 6.58. The molecule has 1 amide bonds. The van der Waals surface area contributed by atoms with Gasteiger partial charge >= 0.3 is 7.12 Å². The molecule has 0 aliphatic carbocycles. The summed E-state index contributed by atoms with van der Waals surface area (Å²) in [6, 6.07) is 4.77. The van der Waals surface area contributed by atoms with E-state index in [0.717, 1.165) is 5.46 Å². The molecular formula is C14H20BNO4. The molecule has 0 atom stereocenters. The highest BCUT2D eigenvalue weighted by Crippen LogP contribution is 2.36. The molecule has 1 aliphatic rings. The molecule has 1 aromatic rings. The van der Waals surface area contributed by atoms with E-state index in [1.54, 1.807) is 12.1 Å². The topological polar surface area (TPSA) is 81.8 Å². The highest BCUT2D eigenvalue weighted by Gasteiger charge is 2.52. The Hall–Kier alpha value is -1.53. The second kappa shape index (κ2) is 4.79. The maximum Gasteiger partial charge on any atom is 0.495 e. The van der Waals surface area contributed by atoms with Crippen LogP contribution < -0.4 is 11.2 Å². The molecule has 0 radical (unpaired) electrons. The van der Waals surface area contributed by atoms with Gasteiger partial charge in [-0.2, -0.15) is 0 Å². The first kappa shape index (κ1) is 14.9. The lowest BCUT2D eigenvalue weighted by Crippen LogP contribution is -2.41. The van der Waals surface area contributed by atoms with Gasteiger partial charge < -0.3 is 20.1 Å². The molecule has 20 heavy (non-hydrogen) atoms. The number of benzene rings is 1. The van der Waals surface area contributed by atoms with E-state index in [1.165, 1.54) is 6.07 Å². The third kappa shape index (κ3) is 2.67. The van der Waals surface area contributed by atoms with E-state index in [2.05, 4.69) is 0 Å². The number of hydrogen-bond donors (Lipinski definition) is 2. The monoisotopic (exact) mass is 277 g/mol. The number of rotatable bonds is 3. The van der Waals surface area contributed by atoms with Crippen LogP contribution >= 0.6 is 0 Å². The van der Waals surface area contributed by atoms with Gasteiger partial charge in [-0.05, 0) is 50.9 Å². The molecule has 5 nitrogen and oxygen atoms in total. The molecule has 108 valence electrons. The lowest BCUT2D eigenvalue weighted by Gasteiger charge is -2.32. The highest BCUT2D eigenvalue weighted by molar-refractivity contribution is 6.62. The number of phenolic OH excluding ortho intramolecular Hbond substituents is 1. The average molecular weight is 277 g/mol. The largest absolute Gasteiger partial charge is 0.508 e. The molecule has 1 fully saturated rings. The molecule has 1 aliphatic heterocycles. The zero-order valence-corrected chi connectivity index (χ0v) is 12.3. The molecule has 0 saturated carbocycles. The van der Waals surface area contributed by atoms with E-state index >= 15 is 0 Å². The molecule has 1 saturated heterocycles. The first-order valence-electron chi connectivity index (χ1n) is 6.58. The second-order valence-electron chi connectivity index (χ2n) is 6.11. The van der Waals surface area contributed by atoms with Crippen LogP contribution in [-0.4, -0.2) is 29.3 Å². The Morgan fingerprint density at radius 2 is 1.80 bits per heavy atom. The summed E-state index contributed by atoms with van der Waals surface area (Å²) in [5, 5.41) is 9.56. The maximum atomic E-state index is 11.2. The summed E-state index contributed by atoms with van der Waals surface area (Å²) in [4.78, 5) is 11.2. The van der Waals surface area contributed by atoms with Gasteiger partial charge in [-0.3, -0.25) is 4.79 Å². The Kier molecular flexibility index (Phi) is 3.56. The van der Waals surface area contributed by atoms with Gasteiger partial charge in [-0.15, -0.1) is 0 Å². The highest BCUT2D eigenvalue weighted by atomic mass is 16.7. The lowest BCUT2D eigenvalue weighted by molar-refractivity contribution is -0.117. The van der Waals surface area contributed by atoms with Crippen LogP contribution in [0.2, 0.25) is 0 Å². The second-order valence-corrected chi connectivity index (χ2v) is 6.11. The fraction of sp³-hybridized carbons (Fsp3) is 0.500. The van der Waals surface area contributed by atoms with Gasteiger partial charge in [0.05, 0.1) is 17.6 Å². The van der Waals surface area contributed by atoms with E-state index in [0.29, 0.717) is 5.56 Å². The summed E-state index contributed by atoms with van der Waals surface area (Å²) in [6.07, 6.45) is 0.0355. The Balaban J connectivity index is 2.37. The SMILES string of the molecule is CC1(C)OB(c2ccc(O)cc2CC(N)=O)OC1(C)C. The van der Waals surface area contributed by atoms with Crippen molar-refractivity contribution in [1.29, 1.82) is 0 Å². The van der Waals surface area contributed by atoms with Gasteiger partial charge in [0.1, 0.15) is 5.75 Å². The van der Waals surface area contributed by atoms with Crippen LogP contribution in [0.15, 0.2) is 18.2 Å². The van der Waals surface area contributed by atoms with E-state index in [4.69, 9.17) is 15.0 Å². The van der Waals surface area contributed by atoms with Crippen molar-refractivity contribution in [2.24, 2.45) is 5.73 Å². The van der Waals surface area contributed by atoms with Crippen LogP contribution in [0.1, 0.15) is 33.3 Å². The summed E-state index contributed by atoms with van der Waals surface area (Å²) in [5.74, 6) is -0.380. The average Bonchev–Trinajstić information content (AvgIpc) is 2.46. The smallest absolute Gasteiger partial charge is 0.495 e. The molecule has 2 rings (SSSR count). The summed E-state index contributed by atoms with van der Waals surface area (Å²) in [5.41, 5.74) is 5.67. The predicted molar refractivity (Wildman–Crippen MR) is 76.7 cm³/mol. The fourth-order valence-corrected chi connectivity index (χ4v) is 2.13. The zero-order valence-electron chi connectivity index (χ0n) is 12.3. The number of amides is 1. The van der Waals surface area contributed by atoms with Crippen molar-refractivity contribution in [3.05, 3.63) is 23.8 Å². The van der Waals surface area contributed by atoms with Gasteiger partial charge in [-0.25, -0.2) is 0 Å². The molecule has 0 spiro atoms. The van der Waals surface area contributed by atoms with E-state index in [-0.39, 0.29) is 12.2 Å². The summed E-state index contributed by atoms with van der Waals surface area (Å²) in [6.45, 7) is 7.84. The molecule has 1 aromatic carbocycles.